The van der Waals surface area contributed by atoms with Crippen LogP contribution in [0.15, 0.2) is 0 Å². The van der Waals surface area contributed by atoms with Crippen molar-refractivity contribution in [3.63, 3.8) is 0 Å². The highest BCUT2D eigenvalue weighted by Gasteiger charge is 2.42. The second-order valence-electron chi connectivity index (χ2n) is 4.80. The monoisotopic (exact) mass is 184 g/mol. The molecule has 2 aliphatic rings. The van der Waals surface area contributed by atoms with E-state index in [0.29, 0.717) is 5.92 Å². The molecule has 2 N–H and O–H groups in total. The van der Waals surface area contributed by atoms with Gasteiger partial charge >= 0.3 is 0 Å². The molecule has 0 bridgehead atoms. The summed E-state index contributed by atoms with van der Waals surface area (Å²) in [6.45, 7) is 0. The molecule has 2 aliphatic carbocycles. The third kappa shape index (κ3) is 1.75. The van der Waals surface area contributed by atoms with Crippen LogP contribution >= 0.6 is 0 Å². The molecule has 0 spiro atoms. The van der Waals surface area contributed by atoms with Crippen molar-refractivity contribution < 1.29 is 10.2 Å². The fourth-order valence-electron chi connectivity index (χ4n) is 2.99. The molecule has 0 radical (unpaired) electrons. The predicted molar refractivity (Wildman–Crippen MR) is 51.4 cm³/mol. The molecule has 1 atom stereocenters. The van der Waals surface area contributed by atoms with Crippen molar-refractivity contribution >= 4 is 0 Å². The number of aliphatic hydroxyl groups excluding tert-OH is 1. The summed E-state index contributed by atoms with van der Waals surface area (Å²) in [5, 5.41) is 20.2. The van der Waals surface area contributed by atoms with Gasteiger partial charge in [0, 0.05) is 0 Å². The summed E-state index contributed by atoms with van der Waals surface area (Å²) in [4.78, 5) is 0. The van der Waals surface area contributed by atoms with Gasteiger partial charge < -0.3 is 10.2 Å². The van der Waals surface area contributed by atoms with Crippen molar-refractivity contribution in [1.82, 2.24) is 0 Å². The van der Waals surface area contributed by atoms with Crippen molar-refractivity contribution in [3.05, 3.63) is 0 Å². The Morgan fingerprint density at radius 2 is 1.54 bits per heavy atom. The molecule has 2 fully saturated rings. The maximum Gasteiger partial charge on any atom is 0.0908 e. The Labute approximate surface area is 80.0 Å². The van der Waals surface area contributed by atoms with Crippen molar-refractivity contribution in [2.24, 2.45) is 5.92 Å². The molecule has 76 valence electrons. The van der Waals surface area contributed by atoms with E-state index in [4.69, 9.17) is 0 Å². The van der Waals surface area contributed by atoms with E-state index in [0.717, 1.165) is 38.5 Å². The number of hydrogen-bond acceptors (Lipinski definition) is 2. The van der Waals surface area contributed by atoms with Gasteiger partial charge in [-0.25, -0.2) is 0 Å². The topological polar surface area (TPSA) is 40.5 Å². The standard InChI is InChI=1S/C11H20O2/c12-10(9-5-1-2-6-9)11(13)7-3-4-8-11/h9-10,12-13H,1-8H2. The van der Waals surface area contributed by atoms with E-state index >= 15 is 0 Å². The summed E-state index contributed by atoms with van der Waals surface area (Å²) >= 11 is 0. The zero-order valence-electron chi connectivity index (χ0n) is 8.21. The van der Waals surface area contributed by atoms with E-state index in [1.54, 1.807) is 0 Å². The molecule has 2 saturated carbocycles. The summed E-state index contributed by atoms with van der Waals surface area (Å²) in [5.74, 6) is 0.378. The normalized spacial score (nSPS) is 30.9. The minimum atomic E-state index is -0.727. The summed E-state index contributed by atoms with van der Waals surface area (Å²) in [6.07, 6.45) is 8.04. The Bertz CT molecular complexity index is 167. The van der Waals surface area contributed by atoms with Crippen molar-refractivity contribution in [2.45, 2.75) is 63.1 Å². The quantitative estimate of drug-likeness (QED) is 0.687. The SMILES string of the molecule is OC(C1CCCC1)C1(O)CCCC1. The van der Waals surface area contributed by atoms with Crippen molar-refractivity contribution in [2.75, 3.05) is 0 Å². The third-order valence-corrected chi connectivity index (χ3v) is 3.87. The first-order chi connectivity index (χ1) is 6.22. The number of aliphatic hydroxyl groups is 2. The Balaban J connectivity index is 1.97. The van der Waals surface area contributed by atoms with Gasteiger partial charge in [0.15, 0.2) is 0 Å². The second-order valence-corrected chi connectivity index (χ2v) is 4.80. The lowest BCUT2D eigenvalue weighted by molar-refractivity contribution is -0.0948. The van der Waals surface area contributed by atoms with Crippen LogP contribution in [-0.2, 0) is 0 Å². The van der Waals surface area contributed by atoms with Gasteiger partial charge in [0.2, 0.25) is 0 Å². The maximum absolute atomic E-state index is 10.2. The smallest absolute Gasteiger partial charge is 0.0908 e. The summed E-state index contributed by atoms with van der Waals surface area (Å²) < 4.78 is 0. The molecular weight excluding hydrogens is 164 g/mol. The zero-order chi connectivity index (χ0) is 9.31. The molecule has 0 aliphatic heterocycles. The summed E-state index contributed by atoms with van der Waals surface area (Å²) in [7, 11) is 0. The molecule has 2 heteroatoms. The van der Waals surface area contributed by atoms with Gasteiger partial charge in [-0.2, -0.15) is 0 Å². The van der Waals surface area contributed by atoms with Gasteiger partial charge in [-0.15, -0.1) is 0 Å². The van der Waals surface area contributed by atoms with Crippen LogP contribution in [0, 0.1) is 5.92 Å². The number of rotatable bonds is 2. The van der Waals surface area contributed by atoms with Crippen LogP contribution in [0.4, 0.5) is 0 Å². The lowest BCUT2D eigenvalue weighted by Crippen LogP contribution is -2.43. The Kier molecular flexibility index (Phi) is 2.61. The molecule has 1 unspecified atom stereocenters. The highest BCUT2D eigenvalue weighted by atomic mass is 16.3. The summed E-state index contributed by atoms with van der Waals surface area (Å²) in [6, 6.07) is 0. The average Bonchev–Trinajstić information content (AvgIpc) is 2.73. The van der Waals surface area contributed by atoms with Crippen LogP contribution < -0.4 is 0 Å². The van der Waals surface area contributed by atoms with Crippen LogP contribution in [0.25, 0.3) is 0 Å². The van der Waals surface area contributed by atoms with E-state index in [2.05, 4.69) is 0 Å². The van der Waals surface area contributed by atoms with E-state index in [-0.39, 0.29) is 0 Å². The highest BCUT2D eigenvalue weighted by molar-refractivity contribution is 4.95. The molecule has 0 aromatic carbocycles. The van der Waals surface area contributed by atoms with Gasteiger partial charge in [-0.05, 0) is 31.6 Å². The van der Waals surface area contributed by atoms with Crippen LogP contribution in [0.5, 0.6) is 0 Å². The van der Waals surface area contributed by atoms with E-state index in [1.807, 2.05) is 0 Å². The van der Waals surface area contributed by atoms with E-state index in [1.165, 1.54) is 12.8 Å². The fourth-order valence-corrected chi connectivity index (χ4v) is 2.99. The van der Waals surface area contributed by atoms with Crippen LogP contribution in [0.3, 0.4) is 0 Å². The first-order valence-electron chi connectivity index (χ1n) is 5.63. The van der Waals surface area contributed by atoms with Gasteiger partial charge in [-0.1, -0.05) is 25.7 Å². The predicted octanol–water partition coefficient (Wildman–Crippen LogP) is 1.84. The molecule has 0 saturated heterocycles. The minimum absolute atomic E-state index is 0.378. The molecule has 13 heavy (non-hydrogen) atoms. The lowest BCUT2D eigenvalue weighted by Gasteiger charge is -2.32. The molecule has 2 rings (SSSR count). The van der Waals surface area contributed by atoms with Crippen LogP contribution in [0.2, 0.25) is 0 Å². The van der Waals surface area contributed by atoms with Crippen LogP contribution in [-0.4, -0.2) is 21.9 Å². The molecule has 2 nitrogen and oxygen atoms in total. The molecule has 0 heterocycles. The molecular formula is C11H20O2. The first-order valence-corrected chi connectivity index (χ1v) is 5.63. The van der Waals surface area contributed by atoms with Gasteiger partial charge in [0.1, 0.15) is 0 Å². The van der Waals surface area contributed by atoms with Crippen molar-refractivity contribution in [1.29, 1.82) is 0 Å². The fraction of sp³-hybridized carbons (Fsp3) is 1.00. The van der Waals surface area contributed by atoms with E-state index < -0.39 is 11.7 Å². The van der Waals surface area contributed by atoms with Gasteiger partial charge in [0.05, 0.1) is 11.7 Å². The van der Waals surface area contributed by atoms with Crippen LogP contribution in [0.1, 0.15) is 51.4 Å². The third-order valence-electron chi connectivity index (χ3n) is 3.87. The minimum Gasteiger partial charge on any atom is -0.390 e. The Morgan fingerprint density at radius 3 is 2.08 bits per heavy atom. The average molecular weight is 184 g/mol. The van der Waals surface area contributed by atoms with E-state index in [9.17, 15) is 10.2 Å². The highest BCUT2D eigenvalue weighted by Crippen LogP contribution is 2.39. The maximum atomic E-state index is 10.2. The Morgan fingerprint density at radius 1 is 1.00 bits per heavy atom. The molecule has 0 aromatic rings. The molecule has 0 amide bonds. The Hall–Kier alpha value is -0.0800. The number of hydrogen-bond donors (Lipinski definition) is 2. The van der Waals surface area contributed by atoms with Gasteiger partial charge in [0.25, 0.3) is 0 Å². The van der Waals surface area contributed by atoms with Crippen molar-refractivity contribution in [3.8, 4) is 0 Å². The van der Waals surface area contributed by atoms with Gasteiger partial charge in [-0.3, -0.25) is 0 Å². The summed E-state index contributed by atoms with van der Waals surface area (Å²) in [5.41, 5.74) is -0.727. The lowest BCUT2D eigenvalue weighted by atomic mass is 9.85. The second kappa shape index (κ2) is 3.58. The largest absolute Gasteiger partial charge is 0.390 e. The zero-order valence-corrected chi connectivity index (χ0v) is 8.21. The molecule has 0 aromatic heterocycles. The first kappa shape index (κ1) is 9.47.